The molecule has 0 N–H and O–H groups in total. The second-order valence-electron chi connectivity index (χ2n) is 7.53. The fourth-order valence-corrected chi connectivity index (χ4v) is 3.63. The van der Waals surface area contributed by atoms with E-state index in [0.29, 0.717) is 5.56 Å². The molecule has 0 amide bonds. The monoisotopic (exact) mass is 396 g/mol. The molecule has 0 spiro atoms. The Kier molecular flexibility index (Phi) is 7.13. The Labute approximate surface area is 171 Å². The van der Waals surface area contributed by atoms with Gasteiger partial charge in [-0.25, -0.2) is 13.2 Å². The number of hydrogen-bond donors (Lipinski definition) is 0. The van der Waals surface area contributed by atoms with Gasteiger partial charge in [0.05, 0.1) is 5.56 Å². The normalized spacial score (nSPS) is 11.2. The Morgan fingerprint density at radius 3 is 1.76 bits per heavy atom. The molecule has 3 rings (SSSR count). The van der Waals surface area contributed by atoms with Crippen molar-refractivity contribution in [3.05, 3.63) is 94.3 Å². The molecule has 3 aromatic rings. The van der Waals surface area contributed by atoms with Crippen molar-refractivity contribution in [1.82, 2.24) is 0 Å². The first kappa shape index (κ1) is 21.2. The molecule has 0 aliphatic carbocycles. The van der Waals surface area contributed by atoms with Crippen molar-refractivity contribution >= 4 is 0 Å². The number of hydrogen-bond acceptors (Lipinski definition) is 0. The molecule has 0 fully saturated rings. The second-order valence-corrected chi connectivity index (χ2v) is 7.53. The van der Waals surface area contributed by atoms with E-state index < -0.39 is 17.8 Å². The highest BCUT2D eigenvalue weighted by molar-refractivity contribution is 5.66. The summed E-state index contributed by atoms with van der Waals surface area (Å²) in [6, 6.07) is 19.5. The third kappa shape index (κ3) is 5.29. The van der Waals surface area contributed by atoms with Gasteiger partial charge < -0.3 is 0 Å². The summed E-state index contributed by atoms with van der Waals surface area (Å²) in [6.45, 7) is 3.67. The van der Waals surface area contributed by atoms with E-state index in [1.165, 1.54) is 23.6 Å². The summed E-state index contributed by atoms with van der Waals surface area (Å²) in [5.41, 5.74) is 4.54. The molecule has 0 aliphatic heterocycles. The van der Waals surface area contributed by atoms with Crippen molar-refractivity contribution in [2.45, 2.75) is 52.4 Å². The zero-order chi connectivity index (χ0) is 20.8. The number of alkyl halides is 2. The number of rotatable bonds is 8. The summed E-state index contributed by atoms with van der Waals surface area (Å²) in [7, 11) is 0. The van der Waals surface area contributed by atoms with Crippen LogP contribution < -0.4 is 0 Å². The van der Waals surface area contributed by atoms with E-state index in [1.54, 1.807) is 12.1 Å². The Balaban J connectivity index is 1.58. The van der Waals surface area contributed by atoms with E-state index in [4.69, 9.17) is 0 Å². The molecule has 0 atom stereocenters. The van der Waals surface area contributed by atoms with E-state index in [9.17, 15) is 13.2 Å². The topological polar surface area (TPSA) is 0 Å². The van der Waals surface area contributed by atoms with Crippen molar-refractivity contribution in [3.8, 4) is 11.1 Å². The average molecular weight is 396 g/mol. The van der Waals surface area contributed by atoms with Crippen LogP contribution in [0.3, 0.4) is 0 Å². The van der Waals surface area contributed by atoms with Gasteiger partial charge in [0.2, 0.25) is 0 Å². The molecule has 0 heterocycles. The maximum atomic E-state index is 14.5. The highest BCUT2D eigenvalue weighted by Gasteiger charge is 2.19. The summed E-state index contributed by atoms with van der Waals surface area (Å²) in [5, 5.41) is 0. The maximum Gasteiger partial charge on any atom is 0.266 e. The van der Waals surface area contributed by atoms with Gasteiger partial charge in [-0.05, 0) is 66.8 Å². The van der Waals surface area contributed by atoms with Crippen LogP contribution in [0.5, 0.6) is 0 Å². The molecule has 0 bridgehead atoms. The van der Waals surface area contributed by atoms with Gasteiger partial charge in [0.15, 0.2) is 0 Å². The van der Waals surface area contributed by atoms with Crippen molar-refractivity contribution in [3.63, 3.8) is 0 Å². The van der Waals surface area contributed by atoms with Crippen LogP contribution in [0.25, 0.3) is 11.1 Å². The van der Waals surface area contributed by atoms with E-state index >= 15 is 0 Å². The molecule has 0 nitrogen and oxygen atoms in total. The van der Waals surface area contributed by atoms with Crippen LogP contribution in [0.2, 0.25) is 0 Å². The van der Waals surface area contributed by atoms with Crippen molar-refractivity contribution in [1.29, 1.82) is 0 Å². The molecule has 29 heavy (non-hydrogen) atoms. The first-order chi connectivity index (χ1) is 14.0. The first-order valence-corrected chi connectivity index (χ1v) is 10.2. The number of halogens is 3. The van der Waals surface area contributed by atoms with Gasteiger partial charge in [-0.3, -0.25) is 0 Å². The van der Waals surface area contributed by atoms with Crippen molar-refractivity contribution < 1.29 is 13.2 Å². The molecular formula is C26H27F3. The Morgan fingerprint density at radius 2 is 1.24 bits per heavy atom. The lowest BCUT2D eigenvalue weighted by atomic mass is 9.97. The molecule has 0 saturated carbocycles. The largest absolute Gasteiger partial charge is 0.266 e. The minimum absolute atomic E-state index is 0.230. The fourth-order valence-electron chi connectivity index (χ4n) is 3.63. The summed E-state index contributed by atoms with van der Waals surface area (Å²) in [6.07, 6.45) is 2.44. The minimum Gasteiger partial charge on any atom is -0.206 e. The average Bonchev–Trinajstić information content (AvgIpc) is 2.72. The van der Waals surface area contributed by atoms with Gasteiger partial charge >= 0.3 is 0 Å². The van der Waals surface area contributed by atoms with E-state index in [0.717, 1.165) is 32.1 Å². The van der Waals surface area contributed by atoms with E-state index in [1.807, 2.05) is 24.3 Å². The van der Waals surface area contributed by atoms with Crippen LogP contribution in [0.15, 0.2) is 60.7 Å². The van der Waals surface area contributed by atoms with Gasteiger partial charge in [-0.1, -0.05) is 67.6 Å². The Morgan fingerprint density at radius 1 is 0.724 bits per heavy atom. The third-order valence-corrected chi connectivity index (χ3v) is 5.49. The van der Waals surface area contributed by atoms with E-state index in [2.05, 4.69) is 31.2 Å². The van der Waals surface area contributed by atoms with Crippen LogP contribution in [-0.4, -0.2) is 0 Å². The van der Waals surface area contributed by atoms with Crippen LogP contribution in [0, 0.1) is 12.7 Å². The predicted molar refractivity (Wildman–Crippen MR) is 114 cm³/mol. The lowest BCUT2D eigenvalue weighted by Gasteiger charge is -2.11. The summed E-state index contributed by atoms with van der Waals surface area (Å²) < 4.78 is 40.8. The quantitative estimate of drug-likeness (QED) is 0.340. The number of aryl methyl sites for hydroxylation is 4. The van der Waals surface area contributed by atoms with Gasteiger partial charge in [-0.2, -0.15) is 0 Å². The zero-order valence-corrected chi connectivity index (χ0v) is 17.0. The number of benzene rings is 3. The molecule has 3 aromatic carbocycles. The van der Waals surface area contributed by atoms with Crippen molar-refractivity contribution in [2.24, 2.45) is 0 Å². The molecular weight excluding hydrogens is 369 g/mol. The highest BCUT2D eigenvalue weighted by atomic mass is 19.3. The minimum atomic E-state index is -2.81. The van der Waals surface area contributed by atoms with Crippen LogP contribution in [0.1, 0.15) is 54.0 Å². The molecule has 3 heteroatoms. The van der Waals surface area contributed by atoms with Gasteiger partial charge in [0, 0.05) is 5.56 Å². The molecule has 0 radical (unpaired) electrons. The highest BCUT2D eigenvalue weighted by Crippen LogP contribution is 2.32. The lowest BCUT2D eigenvalue weighted by Crippen LogP contribution is -1.98. The summed E-state index contributed by atoms with van der Waals surface area (Å²) in [4.78, 5) is 0. The Bertz CT molecular complexity index is 925. The SMILES string of the molecule is CCc1ccc(CCCCc2ccc(-c3ccc(C)c(C(F)F)c3F)cc2)cc1. The standard InChI is InChI=1S/C26H27F3/c1-3-19-9-11-20(12-10-19)6-4-5-7-21-13-15-22(16-14-21)23-17-8-18(2)24(25(23)27)26(28)29/h8-17,26H,3-7H2,1-2H3. The maximum absolute atomic E-state index is 14.5. The van der Waals surface area contributed by atoms with Gasteiger partial charge in [0.25, 0.3) is 6.43 Å². The molecule has 0 aliphatic rings. The predicted octanol–water partition coefficient (Wildman–Crippen LogP) is 7.87. The molecule has 0 aromatic heterocycles. The Hall–Kier alpha value is -2.55. The summed E-state index contributed by atoms with van der Waals surface area (Å²) in [5.74, 6) is -0.818. The summed E-state index contributed by atoms with van der Waals surface area (Å²) >= 11 is 0. The van der Waals surface area contributed by atoms with Crippen LogP contribution in [0.4, 0.5) is 13.2 Å². The molecule has 0 saturated heterocycles. The third-order valence-electron chi connectivity index (χ3n) is 5.49. The molecule has 0 unspecified atom stereocenters. The smallest absolute Gasteiger partial charge is 0.206 e. The van der Waals surface area contributed by atoms with E-state index in [-0.39, 0.29) is 11.1 Å². The zero-order valence-electron chi connectivity index (χ0n) is 17.0. The fraction of sp³-hybridized carbons (Fsp3) is 0.308. The number of unbranched alkanes of at least 4 members (excludes halogenated alkanes) is 1. The van der Waals surface area contributed by atoms with Crippen LogP contribution >= 0.6 is 0 Å². The first-order valence-electron chi connectivity index (χ1n) is 10.2. The second kappa shape index (κ2) is 9.78. The van der Waals surface area contributed by atoms with Crippen molar-refractivity contribution in [2.75, 3.05) is 0 Å². The van der Waals surface area contributed by atoms with Gasteiger partial charge in [-0.15, -0.1) is 0 Å². The molecule has 152 valence electrons. The lowest BCUT2D eigenvalue weighted by molar-refractivity contribution is 0.145. The van der Waals surface area contributed by atoms with Gasteiger partial charge in [0.1, 0.15) is 5.82 Å². The van der Waals surface area contributed by atoms with Crippen LogP contribution in [-0.2, 0) is 19.3 Å².